The van der Waals surface area contributed by atoms with Crippen LogP contribution < -0.4 is 5.32 Å². The average Bonchev–Trinajstić information content (AvgIpc) is 3.57. The van der Waals surface area contributed by atoms with Gasteiger partial charge in [0.25, 0.3) is 5.91 Å². The molecule has 1 aliphatic carbocycles. The van der Waals surface area contributed by atoms with Gasteiger partial charge in [-0.15, -0.1) is 0 Å². The number of rotatable bonds is 6. The molecule has 0 aromatic heterocycles. The molecule has 3 aliphatic rings. The van der Waals surface area contributed by atoms with Crippen LogP contribution in [0.15, 0.2) is 30.3 Å². The van der Waals surface area contributed by atoms with E-state index in [-0.39, 0.29) is 30.2 Å². The SMILES string of the molecule is COCCNC(=O)[C@@H]1COC2(CCN(C(=O)C3CC3)CC2)N1C(=O)c1ccccc1. The zero-order valence-corrected chi connectivity index (χ0v) is 17.3. The predicted octanol–water partition coefficient (Wildman–Crippen LogP) is 1.02. The van der Waals surface area contributed by atoms with Crippen LogP contribution in [0.3, 0.4) is 0 Å². The number of likely N-dealkylation sites (tertiary alicyclic amines) is 1. The lowest BCUT2D eigenvalue weighted by atomic mass is 9.96. The Balaban J connectivity index is 1.54. The van der Waals surface area contributed by atoms with Crippen LogP contribution in [0.1, 0.15) is 36.0 Å². The highest BCUT2D eigenvalue weighted by Gasteiger charge is 2.54. The average molecular weight is 415 g/mol. The number of hydrogen-bond acceptors (Lipinski definition) is 5. The van der Waals surface area contributed by atoms with E-state index in [1.54, 1.807) is 36.3 Å². The van der Waals surface area contributed by atoms with E-state index in [0.717, 1.165) is 12.8 Å². The van der Waals surface area contributed by atoms with Crippen LogP contribution in [0.5, 0.6) is 0 Å². The van der Waals surface area contributed by atoms with E-state index in [4.69, 9.17) is 9.47 Å². The third kappa shape index (κ3) is 4.06. The van der Waals surface area contributed by atoms with Crippen LogP contribution in [0.2, 0.25) is 0 Å². The molecule has 2 heterocycles. The Kier molecular flexibility index (Phi) is 6.06. The molecule has 8 heteroatoms. The Bertz CT molecular complexity index is 787. The van der Waals surface area contributed by atoms with Crippen molar-refractivity contribution in [1.29, 1.82) is 0 Å². The third-order valence-electron chi connectivity index (χ3n) is 6.19. The molecule has 2 aliphatic heterocycles. The van der Waals surface area contributed by atoms with Crippen molar-refractivity contribution < 1.29 is 23.9 Å². The van der Waals surface area contributed by atoms with E-state index in [0.29, 0.717) is 44.6 Å². The number of amides is 3. The van der Waals surface area contributed by atoms with Gasteiger partial charge in [0, 0.05) is 51.1 Å². The maximum Gasteiger partial charge on any atom is 0.256 e. The summed E-state index contributed by atoms with van der Waals surface area (Å²) in [6.07, 6.45) is 2.95. The minimum absolute atomic E-state index is 0.147. The van der Waals surface area contributed by atoms with Crippen molar-refractivity contribution >= 4 is 17.7 Å². The predicted molar refractivity (Wildman–Crippen MR) is 109 cm³/mol. The smallest absolute Gasteiger partial charge is 0.256 e. The number of carbonyl (C=O) groups is 3. The van der Waals surface area contributed by atoms with Crippen molar-refractivity contribution in [3.05, 3.63) is 35.9 Å². The second-order valence-corrected chi connectivity index (χ2v) is 8.20. The molecule has 4 rings (SSSR count). The minimum Gasteiger partial charge on any atom is -0.383 e. The number of hydrogen-bond donors (Lipinski definition) is 1. The van der Waals surface area contributed by atoms with Crippen LogP contribution in [0.4, 0.5) is 0 Å². The van der Waals surface area contributed by atoms with E-state index in [9.17, 15) is 14.4 Å². The number of ether oxygens (including phenoxy) is 2. The number of nitrogens with one attached hydrogen (secondary N) is 1. The van der Waals surface area contributed by atoms with Gasteiger partial charge in [-0.2, -0.15) is 0 Å². The van der Waals surface area contributed by atoms with Gasteiger partial charge in [0.1, 0.15) is 11.8 Å². The van der Waals surface area contributed by atoms with Crippen LogP contribution >= 0.6 is 0 Å². The summed E-state index contributed by atoms with van der Waals surface area (Å²) in [7, 11) is 1.57. The molecule has 1 spiro atoms. The van der Waals surface area contributed by atoms with Crippen molar-refractivity contribution in [3.63, 3.8) is 0 Å². The Hall–Kier alpha value is -2.45. The van der Waals surface area contributed by atoms with Crippen LogP contribution in [0.25, 0.3) is 0 Å². The molecule has 0 radical (unpaired) electrons. The molecule has 162 valence electrons. The Labute approximate surface area is 176 Å². The van der Waals surface area contributed by atoms with Crippen molar-refractivity contribution in [2.45, 2.75) is 37.5 Å². The van der Waals surface area contributed by atoms with Gasteiger partial charge in [0.2, 0.25) is 11.8 Å². The fourth-order valence-corrected chi connectivity index (χ4v) is 4.35. The molecule has 8 nitrogen and oxygen atoms in total. The molecule has 1 N–H and O–H groups in total. The first-order valence-electron chi connectivity index (χ1n) is 10.6. The van der Waals surface area contributed by atoms with Crippen LogP contribution in [-0.2, 0) is 19.1 Å². The van der Waals surface area contributed by atoms with Gasteiger partial charge in [-0.3, -0.25) is 19.3 Å². The maximum absolute atomic E-state index is 13.5. The summed E-state index contributed by atoms with van der Waals surface area (Å²) in [4.78, 5) is 42.3. The van der Waals surface area contributed by atoms with E-state index in [1.165, 1.54) is 0 Å². The minimum atomic E-state index is -0.865. The normalized spacial score (nSPS) is 22.9. The zero-order valence-electron chi connectivity index (χ0n) is 17.3. The molecular weight excluding hydrogens is 386 g/mol. The first-order valence-corrected chi connectivity index (χ1v) is 10.6. The lowest BCUT2D eigenvalue weighted by Crippen LogP contribution is -2.60. The van der Waals surface area contributed by atoms with Gasteiger partial charge >= 0.3 is 0 Å². The van der Waals surface area contributed by atoms with Gasteiger partial charge in [-0.25, -0.2) is 0 Å². The first kappa shape index (κ1) is 20.8. The summed E-state index contributed by atoms with van der Waals surface area (Å²) in [5.41, 5.74) is -0.343. The van der Waals surface area contributed by atoms with E-state index in [1.807, 2.05) is 11.0 Å². The van der Waals surface area contributed by atoms with Crippen LogP contribution in [-0.4, -0.2) is 79.2 Å². The van der Waals surface area contributed by atoms with E-state index < -0.39 is 11.8 Å². The second-order valence-electron chi connectivity index (χ2n) is 8.20. The summed E-state index contributed by atoms with van der Waals surface area (Å²) >= 11 is 0. The van der Waals surface area contributed by atoms with Gasteiger partial charge in [0.05, 0.1) is 13.2 Å². The second kappa shape index (κ2) is 8.73. The van der Waals surface area contributed by atoms with E-state index in [2.05, 4.69) is 5.32 Å². The van der Waals surface area contributed by atoms with Gasteiger partial charge in [-0.05, 0) is 25.0 Å². The zero-order chi connectivity index (χ0) is 21.1. The van der Waals surface area contributed by atoms with Gasteiger partial charge in [-0.1, -0.05) is 18.2 Å². The maximum atomic E-state index is 13.5. The highest BCUT2D eigenvalue weighted by atomic mass is 16.5. The van der Waals surface area contributed by atoms with Crippen molar-refractivity contribution in [3.8, 4) is 0 Å². The molecule has 1 saturated carbocycles. The van der Waals surface area contributed by atoms with E-state index >= 15 is 0 Å². The number of carbonyl (C=O) groups excluding carboxylic acids is 3. The number of methoxy groups -OCH3 is 1. The summed E-state index contributed by atoms with van der Waals surface area (Å²) in [5, 5.41) is 2.83. The quantitative estimate of drug-likeness (QED) is 0.701. The molecule has 1 atom stereocenters. The molecule has 2 saturated heterocycles. The molecule has 1 aromatic rings. The van der Waals surface area contributed by atoms with Crippen molar-refractivity contribution in [1.82, 2.24) is 15.1 Å². The monoisotopic (exact) mass is 415 g/mol. The van der Waals surface area contributed by atoms with Crippen molar-refractivity contribution in [2.75, 3.05) is 40.0 Å². The molecule has 3 amide bonds. The molecule has 0 bridgehead atoms. The molecule has 3 fully saturated rings. The van der Waals surface area contributed by atoms with Gasteiger partial charge < -0.3 is 19.7 Å². The Morgan fingerprint density at radius 3 is 2.50 bits per heavy atom. The standard InChI is InChI=1S/C22H29N3O5/c1-29-14-11-23-19(26)18-15-30-22(25(18)21(28)16-5-3-2-4-6-16)9-12-24(13-10-22)20(27)17-7-8-17/h2-6,17-18H,7-15H2,1H3,(H,23,26)/t18-/m0/s1. The fourth-order valence-electron chi connectivity index (χ4n) is 4.35. The number of nitrogens with zero attached hydrogens (tertiary/aromatic N) is 2. The molecular formula is C22H29N3O5. The first-order chi connectivity index (χ1) is 14.6. The number of benzene rings is 1. The summed E-state index contributed by atoms with van der Waals surface area (Å²) in [6.45, 7) is 1.98. The van der Waals surface area contributed by atoms with Crippen molar-refractivity contribution in [2.24, 2.45) is 5.92 Å². The summed E-state index contributed by atoms with van der Waals surface area (Å²) in [5.74, 6) is -0.0887. The van der Waals surface area contributed by atoms with Gasteiger partial charge in [0.15, 0.2) is 0 Å². The molecule has 0 unspecified atom stereocenters. The molecule has 30 heavy (non-hydrogen) atoms. The Morgan fingerprint density at radius 2 is 1.87 bits per heavy atom. The topological polar surface area (TPSA) is 88.2 Å². The highest BCUT2D eigenvalue weighted by Crippen LogP contribution is 2.40. The third-order valence-corrected chi connectivity index (χ3v) is 6.19. The fraction of sp³-hybridized carbons (Fsp3) is 0.591. The number of piperidine rings is 1. The lowest BCUT2D eigenvalue weighted by molar-refractivity contribution is -0.144. The summed E-state index contributed by atoms with van der Waals surface area (Å²) < 4.78 is 11.2. The highest BCUT2D eigenvalue weighted by molar-refractivity contribution is 5.98. The Morgan fingerprint density at radius 1 is 1.17 bits per heavy atom. The van der Waals surface area contributed by atoms with Crippen LogP contribution in [0, 0.1) is 5.92 Å². The summed E-state index contributed by atoms with van der Waals surface area (Å²) in [6, 6.07) is 8.26. The largest absolute Gasteiger partial charge is 0.383 e. The lowest BCUT2D eigenvalue weighted by Gasteiger charge is -2.44. The molecule has 1 aromatic carbocycles.